The SMILES string of the molecule is CC(C)(C)c1ccc(C2c3ccccc3-c3ccc4c(c32)Cc2ccccc2-4)cc1. The molecule has 1 unspecified atom stereocenters. The van der Waals surface area contributed by atoms with E-state index in [0.717, 1.165) is 6.42 Å². The van der Waals surface area contributed by atoms with Gasteiger partial charge in [0.1, 0.15) is 0 Å². The largest absolute Gasteiger partial charge is 0.0619 e. The lowest BCUT2D eigenvalue weighted by atomic mass is 9.82. The Kier molecular flexibility index (Phi) is 3.65. The minimum Gasteiger partial charge on any atom is -0.0619 e. The summed E-state index contributed by atoms with van der Waals surface area (Å²) >= 11 is 0. The van der Waals surface area contributed by atoms with Gasteiger partial charge in [-0.15, -0.1) is 0 Å². The summed E-state index contributed by atoms with van der Waals surface area (Å²) in [5, 5.41) is 0. The number of hydrogen-bond donors (Lipinski definition) is 0. The van der Waals surface area contributed by atoms with Crippen molar-refractivity contribution in [2.24, 2.45) is 0 Å². The fraction of sp³-hybridized carbons (Fsp3) is 0.200. The summed E-state index contributed by atoms with van der Waals surface area (Å²) in [5.41, 5.74) is 14.6. The lowest BCUT2D eigenvalue weighted by Gasteiger charge is -2.22. The highest BCUT2D eigenvalue weighted by Crippen LogP contribution is 2.53. The maximum atomic E-state index is 2.36. The Morgan fingerprint density at radius 2 is 1.30 bits per heavy atom. The van der Waals surface area contributed by atoms with Gasteiger partial charge in [0.15, 0.2) is 0 Å². The van der Waals surface area contributed by atoms with Crippen LogP contribution in [0, 0.1) is 0 Å². The molecule has 0 spiro atoms. The molecule has 0 heteroatoms. The van der Waals surface area contributed by atoms with Crippen LogP contribution in [0.1, 0.15) is 60.1 Å². The van der Waals surface area contributed by atoms with Crippen LogP contribution in [0.3, 0.4) is 0 Å². The normalized spacial score (nSPS) is 16.0. The predicted molar refractivity (Wildman–Crippen MR) is 126 cm³/mol. The van der Waals surface area contributed by atoms with Crippen molar-refractivity contribution in [2.75, 3.05) is 0 Å². The van der Waals surface area contributed by atoms with Crippen LogP contribution in [0.5, 0.6) is 0 Å². The van der Waals surface area contributed by atoms with Crippen LogP contribution >= 0.6 is 0 Å². The molecule has 1 atom stereocenters. The molecule has 0 amide bonds. The second-order valence-corrected chi connectivity index (χ2v) is 9.78. The van der Waals surface area contributed by atoms with Crippen LogP contribution in [0.15, 0.2) is 84.9 Å². The Hall–Kier alpha value is -3.12. The van der Waals surface area contributed by atoms with Gasteiger partial charge in [0.25, 0.3) is 0 Å². The van der Waals surface area contributed by atoms with Gasteiger partial charge >= 0.3 is 0 Å². The summed E-state index contributed by atoms with van der Waals surface area (Å²) in [6.07, 6.45) is 1.04. The van der Waals surface area contributed by atoms with Crippen molar-refractivity contribution in [1.82, 2.24) is 0 Å². The Labute approximate surface area is 179 Å². The zero-order valence-electron chi connectivity index (χ0n) is 17.9. The van der Waals surface area contributed by atoms with E-state index in [1.54, 1.807) is 0 Å². The van der Waals surface area contributed by atoms with Crippen molar-refractivity contribution < 1.29 is 0 Å². The molecule has 30 heavy (non-hydrogen) atoms. The van der Waals surface area contributed by atoms with Gasteiger partial charge in [-0.05, 0) is 67.5 Å². The molecular weight excluding hydrogens is 360 g/mol. The van der Waals surface area contributed by atoms with E-state index in [4.69, 9.17) is 0 Å². The van der Waals surface area contributed by atoms with Crippen LogP contribution in [0.4, 0.5) is 0 Å². The summed E-state index contributed by atoms with van der Waals surface area (Å²) < 4.78 is 0. The van der Waals surface area contributed by atoms with Crippen LogP contribution in [0.2, 0.25) is 0 Å². The van der Waals surface area contributed by atoms with Crippen LogP contribution < -0.4 is 0 Å². The van der Waals surface area contributed by atoms with Crippen molar-refractivity contribution in [3.8, 4) is 22.3 Å². The van der Waals surface area contributed by atoms with E-state index in [2.05, 4.69) is 106 Å². The highest BCUT2D eigenvalue weighted by Gasteiger charge is 2.35. The first kappa shape index (κ1) is 17.7. The van der Waals surface area contributed by atoms with E-state index in [1.165, 1.54) is 55.6 Å². The number of rotatable bonds is 1. The van der Waals surface area contributed by atoms with E-state index in [1.807, 2.05) is 0 Å². The third-order valence-electron chi connectivity index (χ3n) is 6.99. The quantitative estimate of drug-likeness (QED) is 0.271. The maximum Gasteiger partial charge on any atom is 0.0355 e. The lowest BCUT2D eigenvalue weighted by Crippen LogP contribution is -2.11. The van der Waals surface area contributed by atoms with E-state index < -0.39 is 0 Å². The van der Waals surface area contributed by atoms with E-state index in [9.17, 15) is 0 Å². The first-order valence-electron chi connectivity index (χ1n) is 11.0. The number of hydrogen-bond acceptors (Lipinski definition) is 0. The second-order valence-electron chi connectivity index (χ2n) is 9.78. The minimum atomic E-state index is 0.174. The average Bonchev–Trinajstić information content (AvgIpc) is 3.29. The molecule has 0 N–H and O–H groups in total. The fourth-order valence-electron chi connectivity index (χ4n) is 5.47. The first-order chi connectivity index (χ1) is 14.5. The molecule has 0 bridgehead atoms. The zero-order valence-corrected chi connectivity index (χ0v) is 17.9. The van der Waals surface area contributed by atoms with Gasteiger partial charge in [0, 0.05) is 5.92 Å². The molecule has 0 saturated carbocycles. The maximum absolute atomic E-state index is 2.36. The molecule has 2 aliphatic carbocycles. The molecule has 0 saturated heterocycles. The van der Waals surface area contributed by atoms with Crippen molar-refractivity contribution in [3.05, 3.63) is 118 Å². The minimum absolute atomic E-state index is 0.174. The summed E-state index contributed by atoms with van der Waals surface area (Å²) in [6.45, 7) is 6.85. The van der Waals surface area contributed by atoms with Crippen molar-refractivity contribution in [3.63, 3.8) is 0 Å². The Morgan fingerprint density at radius 3 is 2.07 bits per heavy atom. The number of fused-ring (bicyclic) bond motifs is 7. The molecular formula is C30H26. The van der Waals surface area contributed by atoms with E-state index in [0.29, 0.717) is 5.92 Å². The van der Waals surface area contributed by atoms with Crippen LogP contribution in [-0.4, -0.2) is 0 Å². The molecule has 2 aliphatic rings. The molecule has 146 valence electrons. The van der Waals surface area contributed by atoms with E-state index in [-0.39, 0.29) is 5.41 Å². The van der Waals surface area contributed by atoms with Crippen molar-refractivity contribution in [1.29, 1.82) is 0 Å². The van der Waals surface area contributed by atoms with Gasteiger partial charge < -0.3 is 0 Å². The molecule has 4 aromatic rings. The Morgan fingerprint density at radius 1 is 0.633 bits per heavy atom. The zero-order chi connectivity index (χ0) is 20.5. The van der Waals surface area contributed by atoms with Crippen LogP contribution in [-0.2, 0) is 11.8 Å². The van der Waals surface area contributed by atoms with Gasteiger partial charge in [-0.1, -0.05) is 106 Å². The third-order valence-corrected chi connectivity index (χ3v) is 6.99. The van der Waals surface area contributed by atoms with Crippen LogP contribution in [0.25, 0.3) is 22.3 Å². The highest BCUT2D eigenvalue weighted by molar-refractivity contribution is 5.89. The summed E-state index contributed by atoms with van der Waals surface area (Å²) in [7, 11) is 0. The lowest BCUT2D eigenvalue weighted by molar-refractivity contribution is 0.590. The molecule has 6 rings (SSSR count). The van der Waals surface area contributed by atoms with E-state index >= 15 is 0 Å². The predicted octanol–water partition coefficient (Wildman–Crippen LogP) is 7.72. The number of benzene rings is 4. The third kappa shape index (κ3) is 2.46. The standard InChI is InChI=1S/C30H26/c1-30(2,3)21-14-12-19(13-15-21)28-25-11-7-6-10-23(25)26-17-16-24-22-9-5-4-8-20(22)18-27(24)29(26)28/h4-17,28H,18H2,1-3H3. The molecule has 0 heterocycles. The molecule has 0 aromatic heterocycles. The topological polar surface area (TPSA) is 0 Å². The first-order valence-corrected chi connectivity index (χ1v) is 11.0. The van der Waals surface area contributed by atoms with Gasteiger partial charge in [-0.2, -0.15) is 0 Å². The molecule has 0 radical (unpaired) electrons. The van der Waals surface area contributed by atoms with Gasteiger partial charge in [-0.3, -0.25) is 0 Å². The smallest absolute Gasteiger partial charge is 0.0355 e. The van der Waals surface area contributed by atoms with Crippen molar-refractivity contribution in [2.45, 2.75) is 38.5 Å². The Balaban J connectivity index is 1.57. The van der Waals surface area contributed by atoms with Crippen molar-refractivity contribution >= 4 is 0 Å². The van der Waals surface area contributed by atoms with Gasteiger partial charge in [0.05, 0.1) is 0 Å². The summed E-state index contributed by atoms with van der Waals surface area (Å²) in [6, 6.07) is 32.0. The molecule has 0 aliphatic heterocycles. The monoisotopic (exact) mass is 386 g/mol. The molecule has 4 aromatic carbocycles. The Bertz CT molecular complexity index is 1280. The average molecular weight is 387 g/mol. The summed E-state index contributed by atoms with van der Waals surface area (Å²) in [4.78, 5) is 0. The van der Waals surface area contributed by atoms with Gasteiger partial charge in [-0.25, -0.2) is 0 Å². The fourth-order valence-corrected chi connectivity index (χ4v) is 5.47. The summed E-state index contributed by atoms with van der Waals surface area (Å²) in [5.74, 6) is 0.314. The van der Waals surface area contributed by atoms with Gasteiger partial charge in [0.2, 0.25) is 0 Å². The second kappa shape index (κ2) is 6.19. The highest BCUT2D eigenvalue weighted by atomic mass is 14.4. The molecule has 0 fully saturated rings. The molecule has 0 nitrogen and oxygen atoms in total.